The average molecular weight is 316 g/mol. The maximum Gasteiger partial charge on any atom is 0.268 e. The summed E-state index contributed by atoms with van der Waals surface area (Å²) in [6.07, 6.45) is 1.83. The van der Waals surface area contributed by atoms with Crippen LogP contribution in [0, 0.1) is 0 Å². The van der Waals surface area contributed by atoms with Gasteiger partial charge in [0.15, 0.2) is 0 Å². The van der Waals surface area contributed by atoms with Crippen LogP contribution in [0.2, 0.25) is 0 Å². The highest BCUT2D eigenvalue weighted by atomic mass is 79.9. The van der Waals surface area contributed by atoms with Crippen molar-refractivity contribution in [2.75, 3.05) is 0 Å². The molecule has 1 aromatic rings. The monoisotopic (exact) mass is 315 g/mol. The molecule has 0 bridgehead atoms. The second kappa shape index (κ2) is 5.14. The molecule has 0 aromatic carbocycles. The molecule has 0 unspecified atom stereocenters. The highest BCUT2D eigenvalue weighted by Gasteiger charge is 2.28. The molecule has 0 atom stereocenters. The zero-order valence-corrected chi connectivity index (χ0v) is 12.5. The summed E-state index contributed by atoms with van der Waals surface area (Å²) >= 11 is 3.34. The third-order valence-electron chi connectivity index (χ3n) is 2.65. The van der Waals surface area contributed by atoms with Crippen LogP contribution in [0.25, 0.3) is 0 Å². The Kier molecular flexibility index (Phi) is 4.21. The van der Waals surface area contributed by atoms with E-state index in [0.717, 1.165) is 4.47 Å². The number of hydrogen-bond donors (Lipinski definition) is 2. The van der Waals surface area contributed by atoms with Crippen LogP contribution in [0.15, 0.2) is 16.7 Å². The van der Waals surface area contributed by atoms with Gasteiger partial charge in [0.2, 0.25) is 5.91 Å². The second-order valence-corrected chi connectivity index (χ2v) is 5.90. The van der Waals surface area contributed by atoms with Crippen molar-refractivity contribution < 1.29 is 9.59 Å². The summed E-state index contributed by atoms with van der Waals surface area (Å²) < 4.78 is 2.65. The number of nitrogens with zero attached hydrogens (tertiary/aromatic N) is 1. The molecule has 0 saturated carbocycles. The van der Waals surface area contributed by atoms with Gasteiger partial charge in [0.25, 0.3) is 5.91 Å². The largest absolute Gasteiger partial charge is 0.368 e. The molecule has 1 rings (SSSR count). The lowest BCUT2D eigenvalue weighted by molar-refractivity contribution is -0.122. The Bertz CT molecular complexity index is 478. The first-order chi connectivity index (χ1) is 8.15. The predicted octanol–water partition coefficient (Wildman–Crippen LogP) is 1.83. The fourth-order valence-corrected chi connectivity index (χ4v) is 1.90. The molecular weight excluding hydrogens is 298 g/mol. The van der Waals surface area contributed by atoms with E-state index in [-0.39, 0.29) is 11.9 Å². The Labute approximate surface area is 115 Å². The molecule has 0 aliphatic heterocycles. The fraction of sp³-hybridized carbons (Fsp3) is 0.500. The fourth-order valence-electron chi connectivity index (χ4n) is 1.46. The van der Waals surface area contributed by atoms with Gasteiger partial charge in [-0.05, 0) is 49.7 Å². The third kappa shape index (κ3) is 3.13. The standard InChI is InChI=1S/C12H18BrN3O2/c1-7(2)16-6-8(13)5-9(16)10(17)15-12(3,4)11(14)18/h5-7H,1-4H3,(H2,14,18)(H,15,17). The van der Waals surface area contributed by atoms with Crippen molar-refractivity contribution in [3.8, 4) is 0 Å². The first kappa shape index (κ1) is 14.8. The number of amides is 2. The van der Waals surface area contributed by atoms with Crippen LogP contribution in [-0.2, 0) is 4.79 Å². The van der Waals surface area contributed by atoms with Gasteiger partial charge in [-0.3, -0.25) is 9.59 Å². The van der Waals surface area contributed by atoms with Gasteiger partial charge in [0.1, 0.15) is 11.2 Å². The SMILES string of the molecule is CC(C)n1cc(Br)cc1C(=O)NC(C)(C)C(N)=O. The summed E-state index contributed by atoms with van der Waals surface area (Å²) in [5.74, 6) is -0.893. The highest BCUT2D eigenvalue weighted by molar-refractivity contribution is 9.10. The molecule has 3 N–H and O–H groups in total. The first-order valence-corrected chi connectivity index (χ1v) is 6.44. The van der Waals surface area contributed by atoms with E-state index in [9.17, 15) is 9.59 Å². The Hall–Kier alpha value is -1.30. The molecule has 100 valence electrons. The lowest BCUT2D eigenvalue weighted by atomic mass is 10.1. The number of rotatable bonds is 4. The number of nitrogens with one attached hydrogen (secondary N) is 1. The Morgan fingerprint density at radius 1 is 1.44 bits per heavy atom. The third-order valence-corrected chi connectivity index (χ3v) is 3.08. The first-order valence-electron chi connectivity index (χ1n) is 5.65. The molecule has 0 spiro atoms. The van der Waals surface area contributed by atoms with E-state index in [4.69, 9.17) is 5.73 Å². The van der Waals surface area contributed by atoms with Crippen molar-refractivity contribution in [3.05, 3.63) is 22.4 Å². The van der Waals surface area contributed by atoms with Gasteiger partial charge in [-0.2, -0.15) is 0 Å². The number of carbonyl (C=O) groups excluding carboxylic acids is 2. The van der Waals surface area contributed by atoms with Crippen molar-refractivity contribution >= 4 is 27.7 Å². The molecule has 2 amide bonds. The van der Waals surface area contributed by atoms with Crippen molar-refractivity contribution in [2.45, 2.75) is 39.3 Å². The Morgan fingerprint density at radius 2 is 2.00 bits per heavy atom. The Balaban J connectivity index is 3.02. The number of nitrogens with two attached hydrogens (primary N) is 1. The maximum absolute atomic E-state index is 12.1. The normalized spacial score (nSPS) is 11.7. The molecule has 0 saturated heterocycles. The maximum atomic E-state index is 12.1. The van der Waals surface area contributed by atoms with Gasteiger partial charge in [-0.25, -0.2) is 0 Å². The van der Waals surface area contributed by atoms with Crippen molar-refractivity contribution in [1.82, 2.24) is 9.88 Å². The van der Waals surface area contributed by atoms with Crippen LogP contribution in [0.1, 0.15) is 44.2 Å². The molecule has 1 aromatic heterocycles. The van der Waals surface area contributed by atoms with E-state index < -0.39 is 11.4 Å². The molecule has 0 aliphatic carbocycles. The van der Waals surface area contributed by atoms with Gasteiger partial charge in [-0.1, -0.05) is 0 Å². The van der Waals surface area contributed by atoms with E-state index in [2.05, 4.69) is 21.2 Å². The van der Waals surface area contributed by atoms with Crippen LogP contribution >= 0.6 is 15.9 Å². The summed E-state index contributed by atoms with van der Waals surface area (Å²) in [7, 11) is 0. The van der Waals surface area contributed by atoms with Crippen molar-refractivity contribution in [3.63, 3.8) is 0 Å². The minimum Gasteiger partial charge on any atom is -0.368 e. The van der Waals surface area contributed by atoms with Crippen LogP contribution in [0.4, 0.5) is 0 Å². The van der Waals surface area contributed by atoms with Gasteiger partial charge in [0.05, 0.1) is 0 Å². The van der Waals surface area contributed by atoms with Crippen molar-refractivity contribution in [1.29, 1.82) is 0 Å². The quantitative estimate of drug-likeness (QED) is 0.889. The van der Waals surface area contributed by atoms with E-state index in [0.29, 0.717) is 5.69 Å². The average Bonchev–Trinajstić information content (AvgIpc) is 2.59. The molecule has 6 heteroatoms. The summed E-state index contributed by atoms with van der Waals surface area (Å²) in [4.78, 5) is 23.3. The molecule has 0 radical (unpaired) electrons. The summed E-state index contributed by atoms with van der Waals surface area (Å²) in [6.45, 7) is 7.10. The molecule has 18 heavy (non-hydrogen) atoms. The zero-order chi connectivity index (χ0) is 14.1. The van der Waals surface area contributed by atoms with Gasteiger partial charge < -0.3 is 15.6 Å². The van der Waals surface area contributed by atoms with Gasteiger partial charge >= 0.3 is 0 Å². The van der Waals surface area contributed by atoms with E-state index in [1.165, 1.54) is 0 Å². The summed E-state index contributed by atoms with van der Waals surface area (Å²) in [6, 6.07) is 1.86. The van der Waals surface area contributed by atoms with Crippen LogP contribution < -0.4 is 11.1 Å². The van der Waals surface area contributed by atoms with Crippen LogP contribution in [0.3, 0.4) is 0 Å². The lowest BCUT2D eigenvalue weighted by Crippen LogP contribution is -2.53. The lowest BCUT2D eigenvalue weighted by Gasteiger charge is -2.23. The molecule has 0 aliphatic rings. The van der Waals surface area contributed by atoms with E-state index in [1.807, 2.05) is 24.6 Å². The second-order valence-electron chi connectivity index (χ2n) is 4.99. The van der Waals surface area contributed by atoms with Crippen LogP contribution in [0.5, 0.6) is 0 Å². The number of primary amides is 1. The number of aromatic nitrogens is 1. The number of hydrogen-bond acceptors (Lipinski definition) is 2. The minimum absolute atomic E-state index is 0.147. The summed E-state index contributed by atoms with van der Waals surface area (Å²) in [5.41, 5.74) is 4.65. The molecule has 5 nitrogen and oxygen atoms in total. The Morgan fingerprint density at radius 3 is 2.44 bits per heavy atom. The highest BCUT2D eigenvalue weighted by Crippen LogP contribution is 2.20. The number of halogens is 1. The van der Waals surface area contributed by atoms with Crippen LogP contribution in [-0.4, -0.2) is 21.9 Å². The molecular formula is C12H18BrN3O2. The molecule has 0 fully saturated rings. The smallest absolute Gasteiger partial charge is 0.268 e. The zero-order valence-electron chi connectivity index (χ0n) is 11.0. The molecule has 1 heterocycles. The minimum atomic E-state index is -1.07. The van der Waals surface area contributed by atoms with E-state index >= 15 is 0 Å². The van der Waals surface area contributed by atoms with Gasteiger partial charge in [-0.15, -0.1) is 0 Å². The summed E-state index contributed by atoms with van der Waals surface area (Å²) in [5, 5.41) is 2.63. The van der Waals surface area contributed by atoms with Crippen molar-refractivity contribution in [2.24, 2.45) is 5.73 Å². The van der Waals surface area contributed by atoms with E-state index in [1.54, 1.807) is 19.9 Å². The topological polar surface area (TPSA) is 77.1 Å². The predicted molar refractivity (Wildman–Crippen MR) is 73.3 cm³/mol. The van der Waals surface area contributed by atoms with Gasteiger partial charge in [0, 0.05) is 16.7 Å². The number of carbonyl (C=O) groups is 2.